The normalized spacial score (nSPS) is 26.0. The molecule has 2 aliphatic heterocycles. The minimum Gasteiger partial charge on any atom is -0.481 e. The van der Waals surface area contributed by atoms with Crippen LogP contribution in [0.2, 0.25) is 0 Å². The Morgan fingerprint density at radius 3 is 2.26 bits per heavy atom. The molecular formula is C22H30N2O3. The number of aliphatic carboxylic acids is 1. The summed E-state index contributed by atoms with van der Waals surface area (Å²) in [6.07, 6.45) is 6.13. The van der Waals surface area contributed by atoms with Crippen molar-refractivity contribution in [3.8, 4) is 0 Å². The van der Waals surface area contributed by atoms with E-state index in [4.69, 9.17) is 0 Å². The zero-order chi connectivity index (χ0) is 19.0. The Morgan fingerprint density at radius 2 is 1.70 bits per heavy atom. The number of hydrogen-bond acceptors (Lipinski definition) is 3. The standard InChI is InChI=1S/C22H30N2O3/c1-16-3-2-12-24(15-16)19-8-13-23(14-9-19)20(25)17-4-6-18(7-5-17)22(10-11-22)21(26)27/h4-7,16,19H,2-3,8-15H2,1H3,(H,26,27). The second-order valence-corrected chi connectivity index (χ2v) is 8.73. The van der Waals surface area contributed by atoms with Crippen molar-refractivity contribution >= 4 is 11.9 Å². The molecule has 27 heavy (non-hydrogen) atoms. The van der Waals surface area contributed by atoms with Crippen molar-refractivity contribution < 1.29 is 14.7 Å². The van der Waals surface area contributed by atoms with Crippen LogP contribution in [-0.2, 0) is 10.2 Å². The van der Waals surface area contributed by atoms with Crippen LogP contribution in [0.5, 0.6) is 0 Å². The van der Waals surface area contributed by atoms with E-state index in [0.717, 1.165) is 37.4 Å². The molecule has 0 bridgehead atoms. The number of hydrogen-bond donors (Lipinski definition) is 1. The first-order valence-electron chi connectivity index (χ1n) is 10.4. The molecule has 4 rings (SSSR count). The van der Waals surface area contributed by atoms with E-state index >= 15 is 0 Å². The number of likely N-dealkylation sites (tertiary alicyclic amines) is 2. The van der Waals surface area contributed by atoms with Gasteiger partial charge in [-0.25, -0.2) is 0 Å². The van der Waals surface area contributed by atoms with Gasteiger partial charge < -0.3 is 10.0 Å². The molecular weight excluding hydrogens is 340 g/mol. The second-order valence-electron chi connectivity index (χ2n) is 8.73. The topological polar surface area (TPSA) is 60.9 Å². The molecule has 1 atom stereocenters. The number of amides is 1. The lowest BCUT2D eigenvalue weighted by atomic mass is 9.94. The largest absolute Gasteiger partial charge is 0.481 e. The maximum absolute atomic E-state index is 12.8. The summed E-state index contributed by atoms with van der Waals surface area (Å²) in [6, 6.07) is 7.88. The third kappa shape index (κ3) is 3.62. The van der Waals surface area contributed by atoms with Gasteiger partial charge in [0.15, 0.2) is 0 Å². The lowest BCUT2D eigenvalue weighted by Crippen LogP contribution is -2.49. The predicted molar refractivity (Wildman–Crippen MR) is 104 cm³/mol. The van der Waals surface area contributed by atoms with Gasteiger partial charge in [-0.05, 0) is 68.7 Å². The van der Waals surface area contributed by atoms with Crippen molar-refractivity contribution in [2.75, 3.05) is 26.2 Å². The molecule has 1 unspecified atom stereocenters. The Balaban J connectivity index is 1.35. The van der Waals surface area contributed by atoms with Gasteiger partial charge in [-0.15, -0.1) is 0 Å². The predicted octanol–water partition coefficient (Wildman–Crippen LogP) is 3.14. The van der Waals surface area contributed by atoms with Gasteiger partial charge in [-0.3, -0.25) is 14.5 Å². The minimum absolute atomic E-state index is 0.0761. The van der Waals surface area contributed by atoms with E-state index in [1.165, 1.54) is 25.9 Å². The Bertz CT molecular complexity index is 703. The van der Waals surface area contributed by atoms with Crippen molar-refractivity contribution in [3.63, 3.8) is 0 Å². The van der Waals surface area contributed by atoms with Gasteiger partial charge in [0, 0.05) is 31.2 Å². The molecule has 146 valence electrons. The molecule has 0 spiro atoms. The SMILES string of the molecule is CC1CCCN(C2CCN(C(=O)c3ccc(C4(C(=O)O)CC4)cc3)CC2)C1. The first-order chi connectivity index (χ1) is 13.0. The second kappa shape index (κ2) is 7.27. The van der Waals surface area contributed by atoms with Gasteiger partial charge in [0.2, 0.25) is 0 Å². The fourth-order valence-corrected chi connectivity index (χ4v) is 4.86. The van der Waals surface area contributed by atoms with Crippen LogP contribution >= 0.6 is 0 Å². The minimum atomic E-state index is -0.754. The number of rotatable bonds is 4. The van der Waals surface area contributed by atoms with Crippen LogP contribution in [0, 0.1) is 5.92 Å². The number of carboxylic acid groups (broad SMARTS) is 1. The molecule has 1 aromatic rings. The highest BCUT2D eigenvalue weighted by Gasteiger charge is 2.51. The van der Waals surface area contributed by atoms with Crippen LogP contribution in [0.3, 0.4) is 0 Å². The summed E-state index contributed by atoms with van der Waals surface area (Å²) < 4.78 is 0. The van der Waals surface area contributed by atoms with E-state index in [0.29, 0.717) is 24.4 Å². The third-order valence-corrected chi connectivity index (χ3v) is 6.80. The zero-order valence-corrected chi connectivity index (χ0v) is 16.2. The lowest BCUT2D eigenvalue weighted by Gasteiger charge is -2.41. The van der Waals surface area contributed by atoms with Gasteiger partial charge in [-0.2, -0.15) is 0 Å². The van der Waals surface area contributed by atoms with Gasteiger partial charge in [0.05, 0.1) is 5.41 Å². The maximum atomic E-state index is 12.8. The van der Waals surface area contributed by atoms with E-state index in [1.807, 2.05) is 17.0 Å². The highest BCUT2D eigenvalue weighted by atomic mass is 16.4. The van der Waals surface area contributed by atoms with Crippen LogP contribution in [0.25, 0.3) is 0 Å². The number of carbonyl (C=O) groups is 2. The maximum Gasteiger partial charge on any atom is 0.314 e. The monoisotopic (exact) mass is 370 g/mol. The number of carboxylic acids is 1. The molecule has 5 heteroatoms. The van der Waals surface area contributed by atoms with Crippen LogP contribution in [0.15, 0.2) is 24.3 Å². The molecule has 5 nitrogen and oxygen atoms in total. The Morgan fingerprint density at radius 1 is 1.04 bits per heavy atom. The summed E-state index contributed by atoms with van der Waals surface area (Å²) in [5.41, 5.74) is 0.792. The van der Waals surface area contributed by atoms with Crippen molar-refractivity contribution in [2.24, 2.45) is 5.92 Å². The molecule has 2 heterocycles. The highest BCUT2D eigenvalue weighted by molar-refractivity contribution is 5.94. The van der Waals surface area contributed by atoms with Crippen molar-refractivity contribution in [2.45, 2.75) is 56.9 Å². The van der Waals surface area contributed by atoms with E-state index in [9.17, 15) is 14.7 Å². The van der Waals surface area contributed by atoms with Gasteiger partial charge >= 0.3 is 5.97 Å². The molecule has 1 aromatic carbocycles. The van der Waals surface area contributed by atoms with Crippen LogP contribution in [0.4, 0.5) is 0 Å². The molecule has 2 saturated heterocycles. The Kier molecular flexibility index (Phi) is 4.97. The van der Waals surface area contributed by atoms with Crippen LogP contribution in [-0.4, -0.2) is 59.0 Å². The fraction of sp³-hybridized carbons (Fsp3) is 0.636. The van der Waals surface area contributed by atoms with Gasteiger partial charge in [0.1, 0.15) is 0 Å². The Labute approximate surface area is 161 Å². The summed E-state index contributed by atoms with van der Waals surface area (Å²) >= 11 is 0. The molecule has 0 radical (unpaired) electrons. The van der Waals surface area contributed by atoms with Crippen molar-refractivity contribution in [1.82, 2.24) is 9.80 Å². The van der Waals surface area contributed by atoms with Gasteiger partial charge in [0.25, 0.3) is 5.91 Å². The summed E-state index contributed by atoms with van der Waals surface area (Å²) in [4.78, 5) is 28.9. The molecule has 1 saturated carbocycles. The molecule has 1 aliphatic carbocycles. The summed E-state index contributed by atoms with van der Waals surface area (Å²) in [6.45, 7) is 6.37. The van der Waals surface area contributed by atoms with Gasteiger partial charge in [-0.1, -0.05) is 19.1 Å². The first-order valence-corrected chi connectivity index (χ1v) is 10.4. The number of carbonyl (C=O) groups excluding carboxylic acids is 1. The Hall–Kier alpha value is -1.88. The molecule has 1 amide bonds. The number of benzene rings is 1. The molecule has 3 fully saturated rings. The van der Waals surface area contributed by atoms with E-state index < -0.39 is 11.4 Å². The third-order valence-electron chi connectivity index (χ3n) is 6.80. The summed E-state index contributed by atoms with van der Waals surface area (Å²) in [5.74, 6) is 0.111. The average molecular weight is 370 g/mol. The number of nitrogens with zero attached hydrogens (tertiary/aromatic N) is 2. The lowest BCUT2D eigenvalue weighted by molar-refractivity contribution is -0.140. The average Bonchev–Trinajstić information content (AvgIpc) is 3.50. The van der Waals surface area contributed by atoms with E-state index in [-0.39, 0.29) is 5.91 Å². The summed E-state index contributed by atoms with van der Waals surface area (Å²) in [5, 5.41) is 9.41. The van der Waals surface area contributed by atoms with Crippen LogP contribution < -0.4 is 0 Å². The number of piperidine rings is 2. The van der Waals surface area contributed by atoms with Crippen molar-refractivity contribution in [3.05, 3.63) is 35.4 Å². The quantitative estimate of drug-likeness (QED) is 0.885. The molecule has 3 aliphatic rings. The highest BCUT2D eigenvalue weighted by Crippen LogP contribution is 2.48. The van der Waals surface area contributed by atoms with Crippen LogP contribution in [0.1, 0.15) is 61.4 Å². The van der Waals surface area contributed by atoms with E-state index in [1.54, 1.807) is 12.1 Å². The smallest absolute Gasteiger partial charge is 0.314 e. The fourth-order valence-electron chi connectivity index (χ4n) is 4.86. The summed E-state index contributed by atoms with van der Waals surface area (Å²) in [7, 11) is 0. The zero-order valence-electron chi connectivity index (χ0n) is 16.2. The first kappa shape index (κ1) is 18.5. The molecule has 0 aromatic heterocycles. The van der Waals surface area contributed by atoms with E-state index in [2.05, 4.69) is 11.8 Å². The van der Waals surface area contributed by atoms with Crippen molar-refractivity contribution in [1.29, 1.82) is 0 Å². The molecule has 1 N–H and O–H groups in total.